The van der Waals surface area contributed by atoms with Crippen LogP contribution in [0.15, 0.2) is 11.6 Å². The van der Waals surface area contributed by atoms with Crippen LogP contribution < -0.4 is 0 Å². The third kappa shape index (κ3) is 13.0. The summed E-state index contributed by atoms with van der Waals surface area (Å²) in [6, 6.07) is 0. The van der Waals surface area contributed by atoms with Crippen LogP contribution in [0.2, 0.25) is 0 Å². The first-order valence-electron chi connectivity index (χ1n) is 29.9. The predicted molar refractivity (Wildman–Crippen MR) is 285 cm³/mol. The van der Waals surface area contributed by atoms with E-state index in [4.69, 9.17) is 51.6 Å². The normalized spacial score (nSPS) is 52.2. The van der Waals surface area contributed by atoms with E-state index in [-0.39, 0.29) is 30.6 Å². The van der Waals surface area contributed by atoms with Crippen molar-refractivity contribution in [1.82, 2.24) is 0 Å². The lowest BCUT2D eigenvalue weighted by Gasteiger charge is -2.60. The largest absolute Gasteiger partial charge is 0.397 e. The Morgan fingerprint density at radius 3 is 1.68 bits per heavy atom. The lowest BCUT2D eigenvalue weighted by Crippen LogP contribution is -2.66. The highest BCUT2D eigenvalue weighted by atomic mass is 32.3. The minimum atomic E-state index is -4.87. The Morgan fingerprint density at radius 1 is 0.595 bits per heavy atom. The monoisotopic (exact) mass is 1230 g/mol. The summed E-state index contributed by atoms with van der Waals surface area (Å²) in [5.74, 6) is -0.566. The van der Waals surface area contributed by atoms with Crippen molar-refractivity contribution in [2.75, 3.05) is 6.61 Å². The number of ether oxygens (including phenoxy) is 10. The molecule has 34 atom stereocenters. The molecule has 5 aliphatic heterocycles. The fourth-order valence-electron chi connectivity index (χ4n) is 15.6. The molecule has 4 aliphatic carbocycles. The van der Waals surface area contributed by atoms with Crippen LogP contribution in [0.1, 0.15) is 120 Å². The van der Waals surface area contributed by atoms with Gasteiger partial charge in [-0.05, 0) is 133 Å². The molecule has 0 aromatic carbocycles. The minimum absolute atomic E-state index is 0.00407. The van der Waals surface area contributed by atoms with Gasteiger partial charge < -0.3 is 114 Å². The summed E-state index contributed by atoms with van der Waals surface area (Å²) >= 11 is 0. The SMILES string of the molecule is CC(C)CC[C@H](O)[C@](C)(O)[C@H]1CC[C@H]2[C@@H]3C[C@H](O[C@@H]4O[C@H](C)[C@@H](O)[C@H](O[C@@H]5OC[C@@H](O[C@@H]6O[C@H](C)[C@@H](O)[C@H](O)[C@H]6O[C@@H]6O[C@H](C)[C@H](O)[C@H](O)[C@H]6O)[C@H](O)[C@H]5O[C@@H]5O[C@H](C)[C@@H](O)[C@H](O)[C@H]5O)[C@H]4O)[C@H]4C[C@@H](OS(=O)(=O)O)CC[C@]4(C)C3=CC[C@]12C. The summed E-state index contributed by atoms with van der Waals surface area (Å²) in [5, 5.41) is 147. The molecule has 486 valence electrons. The van der Waals surface area contributed by atoms with Crippen LogP contribution in [-0.4, -0.2) is 257 Å². The molecule has 28 heteroatoms. The standard InChI is InChI=1S/C56H94O27S/c1-21(2)10-13-34(57)56(9,69)33-12-11-28-27-19-31(30-18-26(83-84(70,71)72)14-16-54(30,7)29(27)15-17-55(28,33)8)78-51-45(68)46(38(61)25(6)76-51)80-52-47(81-49-43(66)40(63)35(58)22(3)74-49)39(62)32(20-73-52)79-53-48(42(65)37(60)24(5)77-53)82-50-44(67)41(64)36(59)23(4)75-50/h15,21-28,30-53,57-69H,10-14,16-20H2,1-9H3,(H,70,71,72)/t22-,23-,24-,25-,26+,27+,28+,30-,31+,32-,33+,34+,35-,36+,37-,38-,39+,40+,41+,42+,43-,44-,45-,46+,47-,48-,49+,50+,51+,52+,53+,54-,55+,56-/m1/s1. The molecule has 0 radical (unpaired) electrons. The van der Waals surface area contributed by atoms with Crippen molar-refractivity contribution in [1.29, 1.82) is 0 Å². The molecule has 14 N–H and O–H groups in total. The van der Waals surface area contributed by atoms with Gasteiger partial charge in [0.1, 0.15) is 91.6 Å². The van der Waals surface area contributed by atoms with Crippen molar-refractivity contribution in [3.05, 3.63) is 11.6 Å². The van der Waals surface area contributed by atoms with Gasteiger partial charge in [-0.15, -0.1) is 0 Å². The van der Waals surface area contributed by atoms with E-state index in [1.165, 1.54) is 27.7 Å². The molecule has 9 rings (SSSR count). The van der Waals surface area contributed by atoms with Gasteiger partial charge in [0.2, 0.25) is 0 Å². The van der Waals surface area contributed by atoms with Gasteiger partial charge in [-0.25, -0.2) is 4.18 Å². The average molecular weight is 1230 g/mol. The number of aliphatic hydroxyl groups is 13. The Kier molecular flexibility index (Phi) is 20.6. The number of hydrogen-bond donors (Lipinski definition) is 14. The molecule has 0 aromatic heterocycles. The maximum atomic E-state index is 12.4. The lowest BCUT2D eigenvalue weighted by molar-refractivity contribution is -0.397. The first-order chi connectivity index (χ1) is 39.2. The van der Waals surface area contributed by atoms with Gasteiger partial charge >= 0.3 is 10.4 Å². The molecule has 5 heterocycles. The van der Waals surface area contributed by atoms with E-state index in [9.17, 15) is 79.4 Å². The molecule has 5 saturated heterocycles. The molecule has 27 nitrogen and oxygen atoms in total. The first-order valence-corrected chi connectivity index (χ1v) is 31.3. The number of hydrogen-bond acceptors (Lipinski definition) is 26. The predicted octanol–water partition coefficient (Wildman–Crippen LogP) is -1.86. The van der Waals surface area contributed by atoms with E-state index >= 15 is 0 Å². The first kappa shape index (κ1) is 67.1. The zero-order valence-corrected chi connectivity index (χ0v) is 49.9. The number of allylic oxidation sites excluding steroid dienone is 2. The molecule has 0 bridgehead atoms. The lowest BCUT2D eigenvalue weighted by atomic mass is 9.47. The van der Waals surface area contributed by atoms with Gasteiger partial charge in [0, 0.05) is 0 Å². The Balaban J connectivity index is 0.979. The average Bonchev–Trinajstić information content (AvgIpc) is 1.36. The van der Waals surface area contributed by atoms with E-state index in [2.05, 4.69) is 33.8 Å². The Labute approximate surface area is 489 Å². The fraction of sp³-hybridized carbons (Fsp3) is 0.964. The minimum Gasteiger partial charge on any atom is -0.390 e. The highest BCUT2D eigenvalue weighted by molar-refractivity contribution is 7.80. The van der Waals surface area contributed by atoms with Crippen molar-refractivity contribution < 1.29 is 131 Å². The topological polar surface area (TPSA) is 419 Å². The second-order valence-electron chi connectivity index (χ2n) is 26.7. The highest BCUT2D eigenvalue weighted by Crippen LogP contribution is 2.67. The van der Waals surface area contributed by atoms with Crippen LogP contribution in [0.25, 0.3) is 0 Å². The molecule has 8 fully saturated rings. The van der Waals surface area contributed by atoms with Crippen LogP contribution in [0.5, 0.6) is 0 Å². The maximum Gasteiger partial charge on any atom is 0.397 e. The zero-order chi connectivity index (χ0) is 61.6. The second-order valence-corrected chi connectivity index (χ2v) is 27.7. The van der Waals surface area contributed by atoms with Crippen molar-refractivity contribution in [3.8, 4) is 0 Å². The van der Waals surface area contributed by atoms with Gasteiger partial charge in [0.05, 0.1) is 54.9 Å². The summed E-state index contributed by atoms with van der Waals surface area (Å²) in [7, 11) is -4.87. The molecule has 84 heavy (non-hydrogen) atoms. The van der Waals surface area contributed by atoms with Crippen molar-refractivity contribution in [2.45, 2.75) is 291 Å². The van der Waals surface area contributed by atoms with Gasteiger partial charge in [0.15, 0.2) is 31.5 Å². The van der Waals surface area contributed by atoms with Crippen LogP contribution in [-0.2, 0) is 62.0 Å². The van der Waals surface area contributed by atoms with Gasteiger partial charge in [-0.2, -0.15) is 8.42 Å². The summed E-state index contributed by atoms with van der Waals surface area (Å²) < 4.78 is 101. The number of aliphatic hydroxyl groups excluding tert-OH is 12. The van der Waals surface area contributed by atoms with Crippen LogP contribution in [0.4, 0.5) is 0 Å². The van der Waals surface area contributed by atoms with Crippen molar-refractivity contribution >= 4 is 10.4 Å². The summed E-state index contributed by atoms with van der Waals surface area (Å²) in [6.45, 7) is 15.2. The van der Waals surface area contributed by atoms with E-state index in [0.717, 1.165) is 18.4 Å². The quantitative estimate of drug-likeness (QED) is 0.0561. The third-order valence-electron chi connectivity index (χ3n) is 20.7. The molecular weight excluding hydrogens is 1140 g/mol. The molecule has 0 aromatic rings. The Bertz CT molecular complexity index is 2350. The number of rotatable bonds is 17. The zero-order valence-electron chi connectivity index (χ0n) is 49.1. The smallest absolute Gasteiger partial charge is 0.390 e. The van der Waals surface area contributed by atoms with Crippen molar-refractivity contribution in [3.63, 3.8) is 0 Å². The Morgan fingerprint density at radius 2 is 1.11 bits per heavy atom. The van der Waals surface area contributed by atoms with E-state index in [0.29, 0.717) is 38.0 Å². The molecule has 0 amide bonds. The van der Waals surface area contributed by atoms with E-state index < -0.39 is 205 Å². The molecule has 0 unspecified atom stereocenters. The van der Waals surface area contributed by atoms with Crippen LogP contribution in [0, 0.1) is 40.4 Å². The molecular formula is C56H94O27S. The third-order valence-corrected chi connectivity index (χ3v) is 21.2. The summed E-state index contributed by atoms with van der Waals surface area (Å²) in [5.41, 5.74) is -1.33. The van der Waals surface area contributed by atoms with Gasteiger partial charge in [0.25, 0.3) is 0 Å². The maximum absolute atomic E-state index is 12.4. The van der Waals surface area contributed by atoms with E-state index in [1.54, 1.807) is 6.92 Å². The second kappa shape index (κ2) is 25.8. The van der Waals surface area contributed by atoms with Crippen molar-refractivity contribution in [2.24, 2.45) is 40.4 Å². The number of fused-ring (bicyclic) bond motifs is 5. The molecule has 3 saturated carbocycles. The van der Waals surface area contributed by atoms with Gasteiger partial charge in [-0.1, -0.05) is 39.3 Å². The van der Waals surface area contributed by atoms with Gasteiger partial charge in [-0.3, -0.25) is 4.55 Å². The fourth-order valence-corrected chi connectivity index (χ4v) is 16.1. The molecule has 0 spiro atoms. The van der Waals surface area contributed by atoms with Crippen LogP contribution in [0.3, 0.4) is 0 Å². The highest BCUT2D eigenvalue weighted by Gasteiger charge is 2.64. The van der Waals surface area contributed by atoms with Crippen LogP contribution >= 0.6 is 0 Å². The summed E-state index contributed by atoms with van der Waals surface area (Å²) in [6.07, 6.45) is -35.3. The Hall–Kier alpha value is -1.31. The van der Waals surface area contributed by atoms with E-state index in [1.807, 2.05) is 0 Å². The summed E-state index contributed by atoms with van der Waals surface area (Å²) in [4.78, 5) is 0. The molecule has 9 aliphatic rings.